The molecule has 10 heteroatoms. The summed E-state index contributed by atoms with van der Waals surface area (Å²) in [6.07, 6.45) is -3.33. The minimum absolute atomic E-state index is 0.0110. The van der Waals surface area contributed by atoms with Gasteiger partial charge in [0.25, 0.3) is 0 Å². The molecule has 0 unspecified atom stereocenters. The van der Waals surface area contributed by atoms with E-state index in [2.05, 4.69) is 10.3 Å². The number of pyridine rings is 1. The Balaban J connectivity index is 2.01. The van der Waals surface area contributed by atoms with Crippen molar-refractivity contribution in [2.24, 2.45) is 5.92 Å². The fraction of sp³-hybridized carbons (Fsp3) is 0.455. The van der Waals surface area contributed by atoms with Crippen LogP contribution in [0.1, 0.15) is 36.5 Å². The van der Waals surface area contributed by atoms with E-state index in [-0.39, 0.29) is 12.1 Å². The van der Waals surface area contributed by atoms with Gasteiger partial charge in [-0.05, 0) is 37.1 Å². The van der Waals surface area contributed by atoms with E-state index in [4.69, 9.17) is 9.47 Å². The lowest BCUT2D eigenvalue weighted by atomic mass is 9.77. The number of hydrogen-bond donors (Lipinski definition) is 1. The number of alkyl halides is 3. The van der Waals surface area contributed by atoms with Crippen LogP contribution in [0.25, 0.3) is 0 Å². The molecule has 2 heterocycles. The second-order valence-electron chi connectivity index (χ2n) is 7.96. The molecule has 174 valence electrons. The number of benzene rings is 1. The lowest BCUT2D eigenvalue weighted by Gasteiger charge is -2.32. The smallest absolute Gasteiger partial charge is 0.417 e. The number of methoxy groups -OCH3 is 1. The topological polar surface area (TPSA) is 60.5 Å². The number of carbonyl (C=O) groups is 1. The molecule has 4 atom stereocenters. The van der Waals surface area contributed by atoms with Crippen LogP contribution in [0.5, 0.6) is 5.75 Å². The molecule has 2 aromatic rings. The maximum atomic E-state index is 14.3. The van der Waals surface area contributed by atoms with Crippen LogP contribution in [-0.4, -0.2) is 35.9 Å². The summed E-state index contributed by atoms with van der Waals surface area (Å²) in [6, 6.07) is 3.64. The average molecular weight is 458 g/mol. The molecule has 1 aliphatic rings. The van der Waals surface area contributed by atoms with E-state index in [0.29, 0.717) is 5.56 Å². The third-order valence-corrected chi connectivity index (χ3v) is 6.17. The van der Waals surface area contributed by atoms with Crippen LogP contribution in [0, 0.1) is 24.5 Å². The van der Waals surface area contributed by atoms with Gasteiger partial charge in [-0.15, -0.1) is 0 Å². The van der Waals surface area contributed by atoms with Crippen molar-refractivity contribution in [3.8, 4) is 5.75 Å². The molecule has 1 fully saturated rings. The molecule has 1 aromatic carbocycles. The summed E-state index contributed by atoms with van der Waals surface area (Å²) in [7, 11) is 1.07. The Kier molecular flexibility index (Phi) is 6.46. The normalized spacial score (nSPS) is 25.6. The van der Waals surface area contributed by atoms with Crippen LogP contribution in [0.15, 0.2) is 30.6 Å². The number of nitrogens with zero attached hydrogens (tertiary/aromatic N) is 1. The molecule has 32 heavy (non-hydrogen) atoms. The Bertz CT molecular complexity index is 1010. The van der Waals surface area contributed by atoms with Crippen molar-refractivity contribution >= 4 is 5.91 Å². The lowest BCUT2D eigenvalue weighted by molar-refractivity contribution is -0.272. The first kappa shape index (κ1) is 23.9. The van der Waals surface area contributed by atoms with Gasteiger partial charge in [-0.1, -0.05) is 13.0 Å². The van der Waals surface area contributed by atoms with E-state index in [1.807, 2.05) is 0 Å². The molecular weight excluding hydrogens is 435 g/mol. The quantitative estimate of drug-likeness (QED) is 0.674. The Hall–Kier alpha value is -2.75. The highest BCUT2D eigenvalue weighted by atomic mass is 19.4. The minimum Gasteiger partial charge on any atom is -0.493 e. The lowest BCUT2D eigenvalue weighted by Crippen LogP contribution is -2.47. The number of nitrogens with one attached hydrogen (secondary N) is 1. The van der Waals surface area contributed by atoms with E-state index >= 15 is 0 Å². The molecule has 3 rings (SSSR count). The van der Waals surface area contributed by atoms with Gasteiger partial charge in [0.1, 0.15) is 6.10 Å². The van der Waals surface area contributed by atoms with Crippen molar-refractivity contribution in [2.75, 3.05) is 7.11 Å². The van der Waals surface area contributed by atoms with Crippen molar-refractivity contribution in [1.82, 2.24) is 10.3 Å². The zero-order chi connectivity index (χ0) is 23.8. The molecule has 0 spiro atoms. The molecule has 1 aromatic heterocycles. The predicted molar refractivity (Wildman–Crippen MR) is 105 cm³/mol. The van der Waals surface area contributed by atoms with E-state index in [9.17, 15) is 26.7 Å². The second kappa shape index (κ2) is 8.65. The summed E-state index contributed by atoms with van der Waals surface area (Å²) in [5, 5.41) is 2.57. The van der Waals surface area contributed by atoms with Gasteiger partial charge >= 0.3 is 6.18 Å². The van der Waals surface area contributed by atoms with Crippen LogP contribution < -0.4 is 10.1 Å². The molecule has 1 aliphatic heterocycles. The first-order valence-corrected chi connectivity index (χ1v) is 9.86. The van der Waals surface area contributed by atoms with Gasteiger partial charge in [-0.25, -0.2) is 4.39 Å². The summed E-state index contributed by atoms with van der Waals surface area (Å²) in [5.74, 6) is -6.49. The zero-order valence-corrected chi connectivity index (χ0v) is 17.9. The van der Waals surface area contributed by atoms with Crippen molar-refractivity contribution in [2.45, 2.75) is 51.1 Å². The molecule has 1 amide bonds. The molecule has 5 nitrogen and oxygen atoms in total. The Morgan fingerprint density at radius 3 is 2.56 bits per heavy atom. The third-order valence-electron chi connectivity index (χ3n) is 6.17. The van der Waals surface area contributed by atoms with Gasteiger partial charge in [0, 0.05) is 36.3 Å². The SMILES string of the molecule is COc1c([C@H]2[C@H](C(=O)NCc3cnccc3C)O[C@@](C)(C(F)(F)F)[C@H]2C)ccc(F)c1F. The third kappa shape index (κ3) is 4.03. The number of aryl methyl sites for hydroxylation is 1. The summed E-state index contributed by atoms with van der Waals surface area (Å²) in [6.45, 7) is 3.91. The van der Waals surface area contributed by atoms with E-state index in [0.717, 1.165) is 31.7 Å². The average Bonchev–Trinajstić information content (AvgIpc) is 3.01. The highest BCUT2D eigenvalue weighted by molar-refractivity contribution is 5.83. The standard InChI is InChI=1S/C22H23F5N2O3/c1-11-7-8-28-9-13(11)10-29-20(30)19-16(12(2)21(3,32-19)22(25,26)27)14-5-6-15(23)17(24)18(14)31-4/h5-9,12,16,19H,10H2,1-4H3,(H,29,30)/t12-,16-,19+,21+/m0/s1. The zero-order valence-electron chi connectivity index (χ0n) is 17.9. The van der Waals surface area contributed by atoms with Crippen LogP contribution >= 0.6 is 0 Å². The molecule has 0 aliphatic carbocycles. The molecular formula is C22H23F5N2O3. The van der Waals surface area contributed by atoms with Crippen LogP contribution in [0.4, 0.5) is 22.0 Å². The minimum atomic E-state index is -4.81. The number of carbonyl (C=O) groups excluding carboxylic acids is 1. The van der Waals surface area contributed by atoms with Gasteiger partial charge in [0.05, 0.1) is 7.11 Å². The monoisotopic (exact) mass is 458 g/mol. The maximum absolute atomic E-state index is 14.3. The number of ether oxygens (including phenoxy) is 2. The Morgan fingerprint density at radius 2 is 1.97 bits per heavy atom. The van der Waals surface area contributed by atoms with Gasteiger partial charge in [0.15, 0.2) is 17.2 Å². The van der Waals surface area contributed by atoms with Crippen LogP contribution in [-0.2, 0) is 16.1 Å². The first-order valence-electron chi connectivity index (χ1n) is 9.86. The number of rotatable bonds is 5. The first-order chi connectivity index (χ1) is 14.9. The van der Waals surface area contributed by atoms with E-state index in [1.165, 1.54) is 13.1 Å². The summed E-state index contributed by atoms with van der Waals surface area (Å²) in [4.78, 5) is 17.0. The van der Waals surface area contributed by atoms with Crippen molar-refractivity contribution in [1.29, 1.82) is 0 Å². The summed E-state index contributed by atoms with van der Waals surface area (Å²) >= 11 is 0. The number of halogens is 5. The molecule has 0 saturated carbocycles. The summed E-state index contributed by atoms with van der Waals surface area (Å²) in [5.41, 5.74) is -1.27. The predicted octanol–water partition coefficient (Wildman–Crippen LogP) is 4.43. The van der Waals surface area contributed by atoms with Gasteiger partial charge < -0.3 is 14.8 Å². The van der Waals surface area contributed by atoms with Crippen molar-refractivity contribution < 1.29 is 36.2 Å². The number of amides is 1. The van der Waals surface area contributed by atoms with Gasteiger partial charge in [0.2, 0.25) is 11.7 Å². The molecule has 1 N–H and O–H groups in total. The number of hydrogen-bond acceptors (Lipinski definition) is 4. The Labute approximate surface area is 181 Å². The maximum Gasteiger partial charge on any atom is 0.417 e. The van der Waals surface area contributed by atoms with E-state index in [1.54, 1.807) is 19.2 Å². The van der Waals surface area contributed by atoms with E-state index < -0.39 is 53.0 Å². The highest BCUT2D eigenvalue weighted by Crippen LogP contribution is 2.54. The fourth-order valence-electron chi connectivity index (χ4n) is 4.00. The van der Waals surface area contributed by atoms with Crippen molar-refractivity contribution in [3.05, 3.63) is 58.9 Å². The van der Waals surface area contributed by atoms with Gasteiger partial charge in [-0.2, -0.15) is 17.6 Å². The fourth-order valence-corrected chi connectivity index (χ4v) is 4.00. The van der Waals surface area contributed by atoms with Crippen LogP contribution in [0.3, 0.4) is 0 Å². The Morgan fingerprint density at radius 1 is 1.28 bits per heavy atom. The van der Waals surface area contributed by atoms with Gasteiger partial charge in [-0.3, -0.25) is 9.78 Å². The van der Waals surface area contributed by atoms with Crippen LogP contribution in [0.2, 0.25) is 0 Å². The highest BCUT2D eigenvalue weighted by Gasteiger charge is 2.65. The summed E-state index contributed by atoms with van der Waals surface area (Å²) < 4.78 is 80.1. The molecule has 0 bridgehead atoms. The second-order valence-corrected chi connectivity index (χ2v) is 7.96. The van der Waals surface area contributed by atoms with Crippen molar-refractivity contribution in [3.63, 3.8) is 0 Å². The molecule has 0 radical (unpaired) electrons. The number of aromatic nitrogens is 1. The largest absolute Gasteiger partial charge is 0.493 e. The molecule has 1 saturated heterocycles.